The third kappa shape index (κ3) is 2.40. The minimum atomic E-state index is -0.242. The molecule has 0 radical (unpaired) electrons. The van der Waals surface area contributed by atoms with Gasteiger partial charge in [-0.2, -0.15) is 0 Å². The van der Waals surface area contributed by atoms with E-state index in [9.17, 15) is 4.39 Å². The van der Waals surface area contributed by atoms with Crippen molar-refractivity contribution >= 4 is 32.6 Å². The maximum atomic E-state index is 13.6. The molecule has 26 heavy (non-hydrogen) atoms. The molecular formula is C23H16FNO. The van der Waals surface area contributed by atoms with E-state index in [2.05, 4.69) is 17.1 Å². The molecule has 1 heterocycles. The topological polar surface area (TPSA) is 25.0 Å². The highest BCUT2D eigenvalue weighted by Gasteiger charge is 2.13. The average Bonchev–Trinajstić information content (AvgIpc) is 3.04. The molecule has 0 atom stereocenters. The number of benzene rings is 4. The van der Waals surface area contributed by atoms with Crippen LogP contribution in [0.1, 0.15) is 5.56 Å². The normalized spacial score (nSPS) is 11.4. The number of rotatable bonds is 3. The molecule has 0 saturated heterocycles. The van der Waals surface area contributed by atoms with Gasteiger partial charge < -0.3 is 9.72 Å². The molecule has 126 valence electrons. The first-order chi connectivity index (χ1) is 12.8. The average molecular weight is 341 g/mol. The van der Waals surface area contributed by atoms with Crippen molar-refractivity contribution in [2.24, 2.45) is 0 Å². The molecular weight excluding hydrogens is 325 g/mol. The summed E-state index contributed by atoms with van der Waals surface area (Å²) in [5.41, 5.74) is 2.87. The lowest BCUT2D eigenvalue weighted by Gasteiger charge is -2.11. The maximum absolute atomic E-state index is 13.6. The Morgan fingerprint density at radius 3 is 2.35 bits per heavy atom. The first-order valence-electron chi connectivity index (χ1n) is 8.59. The van der Waals surface area contributed by atoms with Gasteiger partial charge in [-0.15, -0.1) is 0 Å². The van der Waals surface area contributed by atoms with Gasteiger partial charge in [-0.25, -0.2) is 4.39 Å². The molecule has 0 saturated carbocycles. The monoisotopic (exact) mass is 341 g/mol. The number of aromatic nitrogens is 1. The van der Waals surface area contributed by atoms with Crippen molar-refractivity contribution in [2.75, 3.05) is 0 Å². The lowest BCUT2D eigenvalue weighted by atomic mass is 10.0. The van der Waals surface area contributed by atoms with Crippen molar-refractivity contribution < 1.29 is 9.13 Å². The highest BCUT2D eigenvalue weighted by molar-refractivity contribution is 6.21. The number of hydrogen-bond donors (Lipinski definition) is 1. The predicted octanol–water partition coefficient (Wildman–Crippen LogP) is 6.19. The van der Waals surface area contributed by atoms with Gasteiger partial charge in [-0.1, -0.05) is 54.6 Å². The zero-order valence-electron chi connectivity index (χ0n) is 14.0. The Labute approximate surface area is 149 Å². The summed E-state index contributed by atoms with van der Waals surface area (Å²) in [6.07, 6.45) is 0. The van der Waals surface area contributed by atoms with Crippen LogP contribution in [0.2, 0.25) is 0 Å². The SMILES string of the molecule is Fc1ccc2c(c1)[nH]c1cc(OCc3ccccc3)c3ccccc3c12. The molecule has 5 aromatic rings. The molecule has 5 rings (SSSR count). The van der Waals surface area contributed by atoms with Gasteiger partial charge in [0.1, 0.15) is 18.2 Å². The van der Waals surface area contributed by atoms with E-state index in [1.807, 2.05) is 54.6 Å². The van der Waals surface area contributed by atoms with E-state index in [1.165, 1.54) is 12.1 Å². The van der Waals surface area contributed by atoms with Gasteiger partial charge in [0.15, 0.2) is 0 Å². The van der Waals surface area contributed by atoms with Crippen LogP contribution < -0.4 is 4.74 Å². The summed E-state index contributed by atoms with van der Waals surface area (Å²) in [5, 5.41) is 4.28. The van der Waals surface area contributed by atoms with Crippen LogP contribution >= 0.6 is 0 Å². The summed E-state index contributed by atoms with van der Waals surface area (Å²) in [6.45, 7) is 0.505. The molecule has 4 aromatic carbocycles. The first kappa shape index (κ1) is 15.0. The molecule has 0 unspecified atom stereocenters. The van der Waals surface area contributed by atoms with Gasteiger partial charge in [-0.3, -0.25) is 0 Å². The van der Waals surface area contributed by atoms with Crippen molar-refractivity contribution in [2.45, 2.75) is 6.61 Å². The highest BCUT2D eigenvalue weighted by Crippen LogP contribution is 2.37. The van der Waals surface area contributed by atoms with Gasteiger partial charge in [0.25, 0.3) is 0 Å². The van der Waals surface area contributed by atoms with E-state index in [4.69, 9.17) is 4.74 Å². The summed E-state index contributed by atoms with van der Waals surface area (Å²) in [6, 6.07) is 25.2. The van der Waals surface area contributed by atoms with E-state index in [0.717, 1.165) is 43.9 Å². The van der Waals surface area contributed by atoms with Gasteiger partial charge in [0.05, 0.1) is 5.52 Å². The quantitative estimate of drug-likeness (QED) is 0.416. The fourth-order valence-electron chi connectivity index (χ4n) is 3.57. The van der Waals surface area contributed by atoms with Crippen molar-refractivity contribution in [1.29, 1.82) is 0 Å². The fourth-order valence-corrected chi connectivity index (χ4v) is 3.57. The minimum Gasteiger partial charge on any atom is -0.488 e. The molecule has 0 amide bonds. The van der Waals surface area contributed by atoms with Crippen molar-refractivity contribution in [3.05, 3.63) is 90.2 Å². The van der Waals surface area contributed by atoms with Crippen molar-refractivity contribution in [3.63, 3.8) is 0 Å². The molecule has 1 N–H and O–H groups in total. The van der Waals surface area contributed by atoms with E-state index in [-0.39, 0.29) is 5.82 Å². The predicted molar refractivity (Wildman–Crippen MR) is 104 cm³/mol. The van der Waals surface area contributed by atoms with Crippen molar-refractivity contribution in [1.82, 2.24) is 4.98 Å². The molecule has 3 heteroatoms. The van der Waals surface area contributed by atoms with E-state index >= 15 is 0 Å². The van der Waals surface area contributed by atoms with E-state index in [1.54, 1.807) is 0 Å². The lowest BCUT2D eigenvalue weighted by molar-refractivity contribution is 0.310. The second kappa shape index (κ2) is 5.88. The molecule has 1 aromatic heterocycles. The van der Waals surface area contributed by atoms with Gasteiger partial charge in [-0.05, 0) is 29.1 Å². The minimum absolute atomic E-state index is 0.242. The van der Waals surface area contributed by atoms with Crippen LogP contribution in [-0.2, 0) is 6.61 Å². The standard InChI is InChI=1S/C23H16FNO/c24-16-10-11-19-20(12-16)25-21-13-22(26-14-15-6-2-1-3-7-15)17-8-4-5-9-18(17)23(19)21/h1-13,25H,14H2. The highest BCUT2D eigenvalue weighted by atomic mass is 19.1. The first-order valence-corrected chi connectivity index (χ1v) is 8.59. The lowest BCUT2D eigenvalue weighted by Crippen LogP contribution is -1.96. The number of halogens is 1. The number of aromatic amines is 1. The number of hydrogen-bond acceptors (Lipinski definition) is 1. The van der Waals surface area contributed by atoms with Crippen LogP contribution in [0.25, 0.3) is 32.6 Å². The molecule has 0 aliphatic carbocycles. The number of nitrogens with one attached hydrogen (secondary N) is 1. The molecule has 0 bridgehead atoms. The summed E-state index contributed by atoms with van der Waals surface area (Å²) in [7, 11) is 0. The Hall–Kier alpha value is -3.33. The van der Waals surface area contributed by atoms with E-state index in [0.29, 0.717) is 6.61 Å². The molecule has 0 spiro atoms. The second-order valence-corrected chi connectivity index (χ2v) is 6.43. The third-order valence-electron chi connectivity index (χ3n) is 4.76. The summed E-state index contributed by atoms with van der Waals surface area (Å²) in [4.78, 5) is 3.33. The van der Waals surface area contributed by atoms with Crippen LogP contribution in [0, 0.1) is 5.82 Å². The maximum Gasteiger partial charge on any atom is 0.129 e. The molecule has 2 nitrogen and oxygen atoms in total. The Bertz CT molecular complexity index is 1240. The fraction of sp³-hybridized carbons (Fsp3) is 0.0435. The zero-order valence-corrected chi connectivity index (χ0v) is 14.0. The summed E-state index contributed by atoms with van der Waals surface area (Å²) in [5.74, 6) is 0.581. The Morgan fingerprint density at radius 1 is 0.731 bits per heavy atom. The van der Waals surface area contributed by atoms with Crippen LogP contribution in [0.15, 0.2) is 78.9 Å². The number of ether oxygens (including phenoxy) is 1. The third-order valence-corrected chi connectivity index (χ3v) is 4.76. The zero-order chi connectivity index (χ0) is 17.5. The number of H-pyrrole nitrogens is 1. The van der Waals surface area contributed by atoms with Crippen LogP contribution in [-0.4, -0.2) is 4.98 Å². The molecule has 0 aliphatic heterocycles. The summed E-state index contributed by atoms with van der Waals surface area (Å²) < 4.78 is 19.8. The van der Waals surface area contributed by atoms with Crippen LogP contribution in [0.3, 0.4) is 0 Å². The molecule has 0 fully saturated rings. The summed E-state index contributed by atoms with van der Waals surface area (Å²) >= 11 is 0. The van der Waals surface area contributed by atoms with E-state index < -0.39 is 0 Å². The number of fused-ring (bicyclic) bond motifs is 5. The van der Waals surface area contributed by atoms with Gasteiger partial charge in [0, 0.05) is 27.7 Å². The van der Waals surface area contributed by atoms with Crippen molar-refractivity contribution in [3.8, 4) is 5.75 Å². The van der Waals surface area contributed by atoms with Gasteiger partial charge >= 0.3 is 0 Å². The van der Waals surface area contributed by atoms with Crippen LogP contribution in [0.4, 0.5) is 4.39 Å². The van der Waals surface area contributed by atoms with Crippen LogP contribution in [0.5, 0.6) is 5.75 Å². The Balaban J connectivity index is 1.71. The second-order valence-electron chi connectivity index (χ2n) is 6.43. The van der Waals surface area contributed by atoms with Gasteiger partial charge in [0.2, 0.25) is 0 Å². The largest absolute Gasteiger partial charge is 0.488 e. The Kier molecular flexibility index (Phi) is 3.39. The molecule has 0 aliphatic rings. The Morgan fingerprint density at radius 2 is 1.50 bits per heavy atom. The smallest absolute Gasteiger partial charge is 0.129 e.